The molecule has 0 saturated heterocycles. The van der Waals surface area contributed by atoms with Crippen LogP contribution in [0.1, 0.15) is 38.3 Å². The Balaban J connectivity index is 3.06. The van der Waals surface area contributed by atoms with Crippen LogP contribution >= 0.6 is 12.2 Å². The quantitative estimate of drug-likeness (QED) is 0.801. The van der Waals surface area contributed by atoms with Gasteiger partial charge in [-0.1, -0.05) is 33.0 Å². The third kappa shape index (κ3) is 4.37. The van der Waals surface area contributed by atoms with Crippen LogP contribution < -0.4 is 11.1 Å². The molecule has 0 spiro atoms. The van der Waals surface area contributed by atoms with Gasteiger partial charge in [0.2, 0.25) is 0 Å². The number of alkyl halides is 3. The van der Waals surface area contributed by atoms with E-state index < -0.39 is 11.7 Å². The number of rotatable bonds is 5. The molecule has 0 radical (unpaired) electrons. The molecule has 0 aliphatic heterocycles. The SMILES string of the molecule is CCC(C)(C)CNc1ccc(C(F)(F)F)cc1C(N)=S. The van der Waals surface area contributed by atoms with E-state index in [1.807, 2.05) is 0 Å². The molecule has 1 aromatic rings. The molecule has 20 heavy (non-hydrogen) atoms. The molecule has 6 heteroatoms. The number of benzene rings is 1. The molecule has 3 N–H and O–H groups in total. The minimum atomic E-state index is -4.40. The number of halogens is 3. The normalized spacial score (nSPS) is 12.3. The van der Waals surface area contributed by atoms with Crippen molar-refractivity contribution in [3.05, 3.63) is 29.3 Å². The number of hydrogen-bond acceptors (Lipinski definition) is 2. The van der Waals surface area contributed by atoms with E-state index in [0.29, 0.717) is 12.2 Å². The summed E-state index contributed by atoms with van der Waals surface area (Å²) in [5.74, 6) is 0. The molecule has 0 unspecified atom stereocenters. The smallest absolute Gasteiger partial charge is 0.389 e. The van der Waals surface area contributed by atoms with Crippen molar-refractivity contribution in [2.45, 2.75) is 33.4 Å². The summed E-state index contributed by atoms with van der Waals surface area (Å²) in [6.45, 7) is 6.84. The molecule has 0 fully saturated rings. The number of anilines is 1. The van der Waals surface area contributed by atoms with Gasteiger partial charge < -0.3 is 11.1 Å². The molecule has 1 aromatic carbocycles. The lowest BCUT2D eigenvalue weighted by Gasteiger charge is -2.24. The molecule has 2 nitrogen and oxygen atoms in total. The summed E-state index contributed by atoms with van der Waals surface area (Å²) in [4.78, 5) is -0.0482. The summed E-state index contributed by atoms with van der Waals surface area (Å²) in [6.07, 6.45) is -3.45. The summed E-state index contributed by atoms with van der Waals surface area (Å²) in [5, 5.41) is 3.13. The number of thiocarbonyl (C=S) groups is 1. The molecule has 1 rings (SSSR count). The van der Waals surface area contributed by atoms with Gasteiger partial charge in [-0.05, 0) is 30.0 Å². The Labute approximate surface area is 122 Å². The van der Waals surface area contributed by atoms with E-state index in [4.69, 9.17) is 18.0 Å². The van der Waals surface area contributed by atoms with Crippen molar-refractivity contribution >= 4 is 22.9 Å². The zero-order chi connectivity index (χ0) is 15.6. The lowest BCUT2D eigenvalue weighted by Crippen LogP contribution is -2.24. The maximum absolute atomic E-state index is 12.7. The fourth-order valence-corrected chi connectivity index (χ4v) is 1.71. The Bertz CT molecular complexity index is 496. The Morgan fingerprint density at radius 3 is 2.35 bits per heavy atom. The first-order chi connectivity index (χ1) is 9.07. The molecule has 0 heterocycles. The van der Waals surface area contributed by atoms with E-state index in [9.17, 15) is 13.2 Å². The Kier molecular flexibility index (Phi) is 5.02. The molecule has 0 bridgehead atoms. The highest BCUT2D eigenvalue weighted by molar-refractivity contribution is 7.80. The van der Waals surface area contributed by atoms with Crippen LogP contribution in [0.4, 0.5) is 18.9 Å². The second kappa shape index (κ2) is 5.99. The zero-order valence-electron chi connectivity index (χ0n) is 11.8. The van der Waals surface area contributed by atoms with Gasteiger partial charge in [0, 0.05) is 17.8 Å². The summed E-state index contributed by atoms with van der Waals surface area (Å²) in [5.41, 5.74) is 5.57. The average Bonchev–Trinajstić information content (AvgIpc) is 2.35. The summed E-state index contributed by atoms with van der Waals surface area (Å²) < 4.78 is 38.1. The molecule has 0 saturated carbocycles. The topological polar surface area (TPSA) is 38.0 Å². The lowest BCUT2D eigenvalue weighted by molar-refractivity contribution is -0.137. The van der Waals surface area contributed by atoms with Crippen molar-refractivity contribution in [2.24, 2.45) is 11.1 Å². The monoisotopic (exact) mass is 304 g/mol. The summed E-state index contributed by atoms with van der Waals surface area (Å²) >= 11 is 4.84. The average molecular weight is 304 g/mol. The van der Waals surface area contributed by atoms with Crippen molar-refractivity contribution in [3.8, 4) is 0 Å². The molecular weight excluding hydrogens is 285 g/mol. The van der Waals surface area contributed by atoms with Gasteiger partial charge in [0.1, 0.15) is 4.99 Å². The highest BCUT2D eigenvalue weighted by Crippen LogP contribution is 2.32. The van der Waals surface area contributed by atoms with Crippen molar-refractivity contribution < 1.29 is 13.2 Å². The van der Waals surface area contributed by atoms with E-state index in [1.54, 1.807) is 0 Å². The fraction of sp³-hybridized carbons (Fsp3) is 0.500. The van der Waals surface area contributed by atoms with Gasteiger partial charge in [0.15, 0.2) is 0 Å². The predicted octanol–water partition coefficient (Wildman–Crippen LogP) is 4.19. The summed E-state index contributed by atoms with van der Waals surface area (Å²) in [6, 6.07) is 3.40. The minimum absolute atomic E-state index is 0.0379. The van der Waals surface area contributed by atoms with Gasteiger partial charge in [0.25, 0.3) is 0 Å². The van der Waals surface area contributed by atoms with E-state index in [-0.39, 0.29) is 16.0 Å². The van der Waals surface area contributed by atoms with Crippen LogP contribution in [0.15, 0.2) is 18.2 Å². The predicted molar refractivity (Wildman–Crippen MR) is 79.9 cm³/mol. The van der Waals surface area contributed by atoms with E-state index in [2.05, 4.69) is 26.1 Å². The number of nitrogens with two attached hydrogens (primary N) is 1. The van der Waals surface area contributed by atoms with Gasteiger partial charge in [0.05, 0.1) is 5.56 Å². The van der Waals surface area contributed by atoms with Crippen LogP contribution in [-0.2, 0) is 6.18 Å². The van der Waals surface area contributed by atoms with Crippen molar-refractivity contribution in [1.29, 1.82) is 0 Å². The molecule has 112 valence electrons. The maximum atomic E-state index is 12.7. The first-order valence-corrected chi connectivity index (χ1v) is 6.72. The second-order valence-electron chi connectivity index (χ2n) is 5.49. The van der Waals surface area contributed by atoms with E-state index in [0.717, 1.165) is 18.6 Å². The van der Waals surface area contributed by atoms with Gasteiger partial charge in [-0.15, -0.1) is 0 Å². The molecule has 0 aromatic heterocycles. The third-order valence-electron chi connectivity index (χ3n) is 3.33. The zero-order valence-corrected chi connectivity index (χ0v) is 12.6. The van der Waals surface area contributed by atoms with Crippen LogP contribution in [0.2, 0.25) is 0 Å². The van der Waals surface area contributed by atoms with Crippen molar-refractivity contribution in [1.82, 2.24) is 0 Å². The fourth-order valence-electron chi connectivity index (χ4n) is 1.54. The summed E-state index contributed by atoms with van der Waals surface area (Å²) in [7, 11) is 0. The number of hydrogen-bond donors (Lipinski definition) is 2. The highest BCUT2D eigenvalue weighted by Gasteiger charge is 2.31. The van der Waals surface area contributed by atoms with Crippen LogP contribution in [-0.4, -0.2) is 11.5 Å². The van der Waals surface area contributed by atoms with Crippen LogP contribution in [0.25, 0.3) is 0 Å². The van der Waals surface area contributed by atoms with Crippen LogP contribution in [0, 0.1) is 5.41 Å². The van der Waals surface area contributed by atoms with Crippen molar-refractivity contribution in [2.75, 3.05) is 11.9 Å². The first-order valence-electron chi connectivity index (χ1n) is 6.32. The minimum Gasteiger partial charge on any atom is -0.389 e. The first kappa shape index (κ1) is 16.8. The van der Waals surface area contributed by atoms with Crippen LogP contribution in [0.5, 0.6) is 0 Å². The standard InChI is InChI=1S/C14H19F3N2S/c1-4-13(2,3)8-19-11-6-5-9(14(15,16)17)7-10(11)12(18)20/h5-7,19H,4,8H2,1-3H3,(H2,18,20). The van der Waals surface area contributed by atoms with Gasteiger partial charge >= 0.3 is 6.18 Å². The van der Waals surface area contributed by atoms with Crippen LogP contribution in [0.3, 0.4) is 0 Å². The van der Waals surface area contributed by atoms with Crippen molar-refractivity contribution in [3.63, 3.8) is 0 Å². The highest BCUT2D eigenvalue weighted by atomic mass is 32.1. The largest absolute Gasteiger partial charge is 0.416 e. The Hall–Kier alpha value is -1.30. The third-order valence-corrected chi connectivity index (χ3v) is 3.55. The molecular formula is C14H19F3N2S. The van der Waals surface area contributed by atoms with E-state index >= 15 is 0 Å². The Morgan fingerprint density at radius 2 is 1.90 bits per heavy atom. The molecule has 0 aliphatic carbocycles. The van der Waals surface area contributed by atoms with E-state index in [1.165, 1.54) is 6.07 Å². The Morgan fingerprint density at radius 1 is 1.30 bits per heavy atom. The molecule has 0 aliphatic rings. The van der Waals surface area contributed by atoms with Gasteiger partial charge in [-0.3, -0.25) is 0 Å². The second-order valence-corrected chi connectivity index (χ2v) is 5.93. The molecule has 0 atom stereocenters. The number of nitrogens with one attached hydrogen (secondary N) is 1. The lowest BCUT2D eigenvalue weighted by atomic mass is 9.90. The van der Waals surface area contributed by atoms with Gasteiger partial charge in [-0.25, -0.2) is 0 Å². The van der Waals surface area contributed by atoms with Gasteiger partial charge in [-0.2, -0.15) is 13.2 Å². The maximum Gasteiger partial charge on any atom is 0.416 e. The molecule has 0 amide bonds.